The molecule has 2 rings (SSSR count). The van der Waals surface area contributed by atoms with Gasteiger partial charge in [-0.2, -0.15) is 0 Å². The minimum Gasteiger partial charge on any atom is -0.504 e. The fraction of sp³-hybridized carbons (Fsp3) is 0.300. The average Bonchev–Trinajstić information content (AvgIpc) is 2.71. The van der Waals surface area contributed by atoms with Crippen LogP contribution in [0.1, 0.15) is 11.1 Å². The van der Waals surface area contributed by atoms with E-state index in [1.54, 1.807) is 0 Å². The lowest BCUT2D eigenvalue weighted by Crippen LogP contribution is -2.43. The molecule has 0 heterocycles. The van der Waals surface area contributed by atoms with Gasteiger partial charge in [-0.05, 0) is 35.4 Å². The number of carboxylic acid groups (broad SMARTS) is 2. The molecule has 0 amide bonds. The summed E-state index contributed by atoms with van der Waals surface area (Å²) in [4.78, 5) is 23.2. The lowest BCUT2D eigenvalue weighted by Gasteiger charge is -2.21. The number of ether oxygens (including phenoxy) is 4. The number of hydrogen-bond acceptors (Lipinski definition) is 8. The molecule has 162 valence electrons. The Morgan fingerprint density at radius 3 is 1.43 bits per heavy atom. The smallest absolute Gasteiger partial charge is 0.336 e. The van der Waals surface area contributed by atoms with Gasteiger partial charge in [0.1, 0.15) is 0 Å². The first-order valence-corrected chi connectivity index (χ1v) is 8.67. The van der Waals surface area contributed by atoms with Crippen molar-refractivity contribution < 1.29 is 49.0 Å². The molecule has 0 aliphatic rings. The van der Waals surface area contributed by atoms with E-state index in [1.165, 1.54) is 50.6 Å². The van der Waals surface area contributed by atoms with Crippen LogP contribution in [0.3, 0.4) is 0 Å². The molecule has 0 bridgehead atoms. The number of phenolic OH excluding ortho intramolecular Hbond substituents is 2. The monoisotopic (exact) mass is 422 g/mol. The predicted molar refractivity (Wildman–Crippen MR) is 102 cm³/mol. The highest BCUT2D eigenvalue weighted by molar-refractivity contribution is 5.83. The molecule has 30 heavy (non-hydrogen) atoms. The summed E-state index contributed by atoms with van der Waals surface area (Å²) >= 11 is 0. The fourth-order valence-electron chi connectivity index (χ4n) is 2.57. The molecule has 0 aliphatic carbocycles. The quantitative estimate of drug-likeness (QED) is 0.421. The summed E-state index contributed by atoms with van der Waals surface area (Å²) in [5.41, 5.74) is 0.923. The summed E-state index contributed by atoms with van der Waals surface area (Å²) in [6, 6.07) is 8.53. The van der Waals surface area contributed by atoms with Crippen molar-refractivity contribution in [2.24, 2.45) is 0 Å². The van der Waals surface area contributed by atoms with Gasteiger partial charge in [-0.25, -0.2) is 9.59 Å². The van der Waals surface area contributed by atoms with Crippen LogP contribution >= 0.6 is 0 Å². The van der Waals surface area contributed by atoms with E-state index in [0.717, 1.165) is 0 Å². The predicted octanol–water partition coefficient (Wildman–Crippen LogP) is 1.75. The van der Waals surface area contributed by atoms with Crippen LogP contribution < -0.4 is 9.47 Å². The number of phenols is 2. The SMILES string of the molecule is COc1cc(CO[C@H](C(=O)O)[C@H](OCc2ccc(O)c(OC)c2)C(=O)O)ccc1O. The minimum absolute atomic E-state index is 0.105. The standard InChI is InChI=1S/C20H22O10/c1-27-15-7-11(3-5-13(15)21)9-29-17(19(23)24)18(20(25)26)30-10-12-4-6-14(22)16(8-12)28-2/h3-8,17-18,21-22H,9-10H2,1-2H3,(H,23,24)(H,25,26)/t17-,18-/m0/s1. The van der Waals surface area contributed by atoms with Crippen LogP contribution in [0, 0.1) is 0 Å². The van der Waals surface area contributed by atoms with Crippen LogP contribution in [-0.2, 0) is 32.3 Å². The molecule has 4 N–H and O–H groups in total. The number of aliphatic carboxylic acids is 2. The molecule has 0 saturated carbocycles. The van der Waals surface area contributed by atoms with Crippen molar-refractivity contribution in [3.8, 4) is 23.0 Å². The zero-order chi connectivity index (χ0) is 22.3. The van der Waals surface area contributed by atoms with Crippen molar-refractivity contribution in [2.45, 2.75) is 25.4 Å². The normalized spacial score (nSPS) is 12.7. The third kappa shape index (κ3) is 5.75. The van der Waals surface area contributed by atoms with Crippen molar-refractivity contribution in [1.82, 2.24) is 0 Å². The summed E-state index contributed by atoms with van der Waals surface area (Å²) in [7, 11) is 2.71. The Labute approximate surface area is 171 Å². The Morgan fingerprint density at radius 2 is 1.13 bits per heavy atom. The first-order chi connectivity index (χ1) is 14.3. The van der Waals surface area contributed by atoms with E-state index < -0.39 is 24.1 Å². The van der Waals surface area contributed by atoms with Gasteiger partial charge < -0.3 is 39.4 Å². The van der Waals surface area contributed by atoms with Gasteiger partial charge in [-0.1, -0.05) is 12.1 Å². The average molecular weight is 422 g/mol. The van der Waals surface area contributed by atoms with E-state index in [1.807, 2.05) is 0 Å². The van der Waals surface area contributed by atoms with Crippen LogP contribution in [0.4, 0.5) is 0 Å². The molecular formula is C20H22O10. The zero-order valence-corrected chi connectivity index (χ0v) is 16.3. The first kappa shape index (κ1) is 22.8. The Balaban J connectivity index is 2.11. The fourth-order valence-corrected chi connectivity index (χ4v) is 2.57. The molecule has 0 spiro atoms. The number of carbonyl (C=O) groups is 2. The second-order valence-electron chi connectivity index (χ2n) is 6.15. The van der Waals surface area contributed by atoms with E-state index in [0.29, 0.717) is 11.1 Å². The van der Waals surface area contributed by atoms with Gasteiger partial charge in [0.25, 0.3) is 0 Å². The number of benzene rings is 2. The van der Waals surface area contributed by atoms with Crippen LogP contribution in [0.25, 0.3) is 0 Å². The number of carboxylic acids is 2. The molecule has 0 saturated heterocycles. The highest BCUT2D eigenvalue weighted by Crippen LogP contribution is 2.28. The zero-order valence-electron chi connectivity index (χ0n) is 16.3. The largest absolute Gasteiger partial charge is 0.504 e. The molecule has 10 nitrogen and oxygen atoms in total. The molecule has 0 unspecified atom stereocenters. The van der Waals surface area contributed by atoms with E-state index in [2.05, 4.69) is 0 Å². The van der Waals surface area contributed by atoms with E-state index in [9.17, 15) is 30.0 Å². The third-order valence-corrected chi connectivity index (χ3v) is 4.11. The molecule has 10 heteroatoms. The highest BCUT2D eigenvalue weighted by atomic mass is 16.6. The maximum atomic E-state index is 11.6. The van der Waals surface area contributed by atoms with E-state index in [-0.39, 0.29) is 36.2 Å². The van der Waals surface area contributed by atoms with Crippen molar-refractivity contribution in [1.29, 1.82) is 0 Å². The van der Waals surface area contributed by atoms with Crippen LogP contribution in [0.5, 0.6) is 23.0 Å². The lowest BCUT2D eigenvalue weighted by atomic mass is 10.1. The Hall–Kier alpha value is -3.50. The molecule has 0 radical (unpaired) electrons. The highest BCUT2D eigenvalue weighted by Gasteiger charge is 2.36. The Bertz CT molecular complexity index is 822. The van der Waals surface area contributed by atoms with E-state index >= 15 is 0 Å². The number of aromatic hydroxyl groups is 2. The third-order valence-electron chi connectivity index (χ3n) is 4.11. The summed E-state index contributed by atoms with van der Waals surface area (Å²) in [6.07, 6.45) is -3.61. The summed E-state index contributed by atoms with van der Waals surface area (Å²) in [6.45, 7) is -0.512. The Kier molecular flexibility index (Phi) is 7.84. The van der Waals surface area contributed by atoms with Crippen molar-refractivity contribution in [2.75, 3.05) is 14.2 Å². The number of methoxy groups -OCH3 is 2. The molecule has 2 aromatic carbocycles. The number of hydrogen-bond donors (Lipinski definition) is 4. The second-order valence-corrected chi connectivity index (χ2v) is 6.15. The maximum absolute atomic E-state index is 11.6. The summed E-state index contributed by atoms with van der Waals surface area (Å²) in [5.74, 6) is -2.92. The van der Waals surface area contributed by atoms with Gasteiger partial charge in [0.15, 0.2) is 35.2 Å². The minimum atomic E-state index is -1.80. The van der Waals surface area contributed by atoms with Crippen molar-refractivity contribution in [3.05, 3.63) is 47.5 Å². The van der Waals surface area contributed by atoms with Gasteiger partial charge in [-0.15, -0.1) is 0 Å². The molecule has 2 aromatic rings. The van der Waals surface area contributed by atoms with Gasteiger partial charge in [0.05, 0.1) is 27.4 Å². The van der Waals surface area contributed by atoms with Crippen LogP contribution in [0.15, 0.2) is 36.4 Å². The molecule has 0 fully saturated rings. The summed E-state index contributed by atoms with van der Waals surface area (Å²) in [5, 5.41) is 38.1. The maximum Gasteiger partial charge on any atom is 0.336 e. The summed E-state index contributed by atoms with van der Waals surface area (Å²) < 4.78 is 20.5. The first-order valence-electron chi connectivity index (χ1n) is 8.67. The van der Waals surface area contributed by atoms with Crippen LogP contribution in [0.2, 0.25) is 0 Å². The van der Waals surface area contributed by atoms with Gasteiger partial charge in [-0.3, -0.25) is 0 Å². The lowest BCUT2D eigenvalue weighted by molar-refractivity contribution is -0.179. The van der Waals surface area contributed by atoms with Gasteiger partial charge in [0, 0.05) is 0 Å². The Morgan fingerprint density at radius 1 is 0.767 bits per heavy atom. The molecule has 0 aromatic heterocycles. The van der Waals surface area contributed by atoms with Crippen LogP contribution in [-0.4, -0.2) is 58.8 Å². The number of rotatable bonds is 11. The molecule has 0 aliphatic heterocycles. The van der Waals surface area contributed by atoms with E-state index in [4.69, 9.17) is 18.9 Å². The molecule has 2 atom stereocenters. The van der Waals surface area contributed by atoms with Gasteiger partial charge >= 0.3 is 11.9 Å². The second kappa shape index (κ2) is 10.3. The topological polar surface area (TPSA) is 152 Å². The molecular weight excluding hydrogens is 400 g/mol. The van der Waals surface area contributed by atoms with Crippen molar-refractivity contribution in [3.63, 3.8) is 0 Å². The van der Waals surface area contributed by atoms with Gasteiger partial charge in [0.2, 0.25) is 0 Å². The van der Waals surface area contributed by atoms with Crippen molar-refractivity contribution >= 4 is 11.9 Å².